The molecule has 0 saturated heterocycles. The molecule has 0 fully saturated rings. The monoisotopic (exact) mass is 293 g/mol. The highest BCUT2D eigenvalue weighted by Gasteiger charge is 2.08. The number of hydrogen-bond acceptors (Lipinski definition) is 2. The van der Waals surface area contributed by atoms with Crippen molar-refractivity contribution in [1.82, 2.24) is 0 Å². The molecular formula is C16H17ClFNO. The van der Waals surface area contributed by atoms with E-state index in [-0.39, 0.29) is 11.9 Å². The van der Waals surface area contributed by atoms with Gasteiger partial charge in [0.1, 0.15) is 18.2 Å². The topological polar surface area (TPSA) is 35.2 Å². The molecule has 1 atom stereocenters. The van der Waals surface area contributed by atoms with E-state index in [0.29, 0.717) is 22.9 Å². The van der Waals surface area contributed by atoms with Gasteiger partial charge in [-0.05, 0) is 31.5 Å². The van der Waals surface area contributed by atoms with Crippen LogP contribution in [-0.2, 0) is 6.61 Å². The Labute approximate surface area is 123 Å². The predicted octanol–water partition coefficient (Wildman–Crippen LogP) is 4.39. The first-order chi connectivity index (χ1) is 9.47. The number of hydrogen-bond donors (Lipinski definition) is 1. The third-order valence-electron chi connectivity index (χ3n) is 3.07. The molecule has 0 aliphatic carbocycles. The Balaban J connectivity index is 2.09. The van der Waals surface area contributed by atoms with Crippen LogP contribution in [0.25, 0.3) is 0 Å². The van der Waals surface area contributed by atoms with E-state index in [0.717, 1.165) is 11.1 Å². The number of rotatable bonds is 4. The molecule has 0 unspecified atom stereocenters. The number of ether oxygens (including phenoxy) is 1. The van der Waals surface area contributed by atoms with Gasteiger partial charge < -0.3 is 10.5 Å². The maximum absolute atomic E-state index is 13.8. The number of nitrogens with two attached hydrogens (primary N) is 1. The largest absolute Gasteiger partial charge is 0.489 e. The first-order valence-electron chi connectivity index (χ1n) is 6.40. The van der Waals surface area contributed by atoms with Gasteiger partial charge in [-0.15, -0.1) is 0 Å². The van der Waals surface area contributed by atoms with E-state index in [2.05, 4.69) is 0 Å². The van der Waals surface area contributed by atoms with Crippen molar-refractivity contribution in [1.29, 1.82) is 0 Å². The molecule has 0 heterocycles. The van der Waals surface area contributed by atoms with Gasteiger partial charge in [-0.1, -0.05) is 29.8 Å². The highest BCUT2D eigenvalue weighted by Crippen LogP contribution is 2.23. The molecule has 106 valence electrons. The zero-order chi connectivity index (χ0) is 14.7. The van der Waals surface area contributed by atoms with Gasteiger partial charge in [-0.2, -0.15) is 0 Å². The lowest BCUT2D eigenvalue weighted by atomic mass is 10.1. The summed E-state index contributed by atoms with van der Waals surface area (Å²) in [5.74, 6) is 0.107. The van der Waals surface area contributed by atoms with Crippen LogP contribution in [0.4, 0.5) is 4.39 Å². The molecule has 20 heavy (non-hydrogen) atoms. The molecule has 0 bridgehead atoms. The molecule has 4 heteroatoms. The van der Waals surface area contributed by atoms with Crippen LogP contribution in [-0.4, -0.2) is 0 Å². The molecule has 0 saturated carbocycles. The minimum absolute atomic E-state index is 0.302. The van der Waals surface area contributed by atoms with E-state index in [1.807, 2.05) is 25.1 Å². The molecule has 0 spiro atoms. The third-order valence-corrected chi connectivity index (χ3v) is 3.42. The smallest absolute Gasteiger partial charge is 0.131 e. The first kappa shape index (κ1) is 14.8. The zero-order valence-corrected chi connectivity index (χ0v) is 12.2. The van der Waals surface area contributed by atoms with Gasteiger partial charge in [0.05, 0.1) is 0 Å². The summed E-state index contributed by atoms with van der Waals surface area (Å²) in [5, 5.41) is 0.651. The molecule has 2 aromatic carbocycles. The summed E-state index contributed by atoms with van der Waals surface area (Å²) in [7, 11) is 0. The van der Waals surface area contributed by atoms with Crippen molar-refractivity contribution < 1.29 is 9.13 Å². The van der Waals surface area contributed by atoms with E-state index < -0.39 is 0 Å². The van der Waals surface area contributed by atoms with Gasteiger partial charge >= 0.3 is 0 Å². The Bertz CT molecular complexity index is 613. The summed E-state index contributed by atoms with van der Waals surface area (Å²) in [4.78, 5) is 0. The number of halogens is 2. The Morgan fingerprint density at radius 2 is 2.00 bits per heavy atom. The lowest BCUT2D eigenvalue weighted by Gasteiger charge is -2.11. The normalized spacial score (nSPS) is 12.2. The lowest BCUT2D eigenvalue weighted by molar-refractivity contribution is 0.304. The Hall–Kier alpha value is -1.58. The van der Waals surface area contributed by atoms with Crippen molar-refractivity contribution in [2.45, 2.75) is 26.5 Å². The van der Waals surface area contributed by atoms with Gasteiger partial charge in [-0.3, -0.25) is 0 Å². The second kappa shape index (κ2) is 6.25. The van der Waals surface area contributed by atoms with Crippen LogP contribution in [0.15, 0.2) is 36.4 Å². The van der Waals surface area contributed by atoms with Crippen LogP contribution < -0.4 is 10.5 Å². The fourth-order valence-corrected chi connectivity index (χ4v) is 2.19. The Morgan fingerprint density at radius 3 is 2.60 bits per heavy atom. The maximum Gasteiger partial charge on any atom is 0.131 e. The summed E-state index contributed by atoms with van der Waals surface area (Å²) in [5.41, 5.74) is 8.10. The molecule has 2 rings (SSSR count). The second-order valence-corrected chi connectivity index (χ2v) is 5.26. The minimum Gasteiger partial charge on any atom is -0.489 e. The standard InChI is InChI=1S/C16H17ClFNO/c1-10-3-4-12(15(17)7-10)9-20-13-5-6-14(11(2)19)16(18)8-13/h3-8,11H,9,19H2,1-2H3/t11-/m1/s1. The SMILES string of the molecule is Cc1ccc(COc2ccc([C@@H](C)N)c(F)c2)c(Cl)c1. The van der Waals surface area contributed by atoms with E-state index in [1.165, 1.54) is 6.07 Å². The molecular weight excluding hydrogens is 277 g/mol. The number of aryl methyl sites for hydroxylation is 1. The number of benzene rings is 2. The molecule has 2 nitrogen and oxygen atoms in total. The van der Waals surface area contributed by atoms with Crippen LogP contribution >= 0.6 is 11.6 Å². The van der Waals surface area contributed by atoms with Gasteiger partial charge in [-0.25, -0.2) is 4.39 Å². The lowest BCUT2D eigenvalue weighted by Crippen LogP contribution is -2.07. The quantitative estimate of drug-likeness (QED) is 0.907. The molecule has 0 radical (unpaired) electrons. The van der Waals surface area contributed by atoms with Gasteiger partial charge in [0.25, 0.3) is 0 Å². The summed E-state index contributed by atoms with van der Waals surface area (Å²) in [6.07, 6.45) is 0. The van der Waals surface area contributed by atoms with Crippen molar-refractivity contribution >= 4 is 11.6 Å². The second-order valence-electron chi connectivity index (χ2n) is 4.86. The van der Waals surface area contributed by atoms with E-state index in [4.69, 9.17) is 22.1 Å². The van der Waals surface area contributed by atoms with Gasteiger partial charge in [0.15, 0.2) is 0 Å². The molecule has 0 amide bonds. The molecule has 2 aromatic rings. The fourth-order valence-electron chi connectivity index (χ4n) is 1.90. The molecule has 0 aromatic heterocycles. The van der Waals surface area contributed by atoms with Crippen LogP contribution in [0.2, 0.25) is 5.02 Å². The fraction of sp³-hybridized carbons (Fsp3) is 0.250. The molecule has 0 aliphatic rings. The van der Waals surface area contributed by atoms with Gasteiger partial charge in [0.2, 0.25) is 0 Å². The van der Waals surface area contributed by atoms with Crippen molar-refractivity contribution in [2.24, 2.45) is 5.73 Å². The molecule has 0 aliphatic heterocycles. The van der Waals surface area contributed by atoms with E-state index >= 15 is 0 Å². The zero-order valence-electron chi connectivity index (χ0n) is 11.5. The van der Waals surface area contributed by atoms with Crippen molar-refractivity contribution in [3.05, 3.63) is 63.9 Å². The summed E-state index contributed by atoms with van der Waals surface area (Å²) in [6, 6.07) is 10.1. The third kappa shape index (κ3) is 3.50. The van der Waals surface area contributed by atoms with Crippen LogP contribution in [0, 0.1) is 12.7 Å². The van der Waals surface area contributed by atoms with Gasteiger partial charge in [0, 0.05) is 28.3 Å². The van der Waals surface area contributed by atoms with E-state index in [9.17, 15) is 4.39 Å². The van der Waals surface area contributed by atoms with E-state index in [1.54, 1.807) is 19.1 Å². The van der Waals surface area contributed by atoms with Crippen LogP contribution in [0.3, 0.4) is 0 Å². The summed E-state index contributed by atoms with van der Waals surface area (Å²) in [6.45, 7) is 4.01. The predicted molar refractivity (Wildman–Crippen MR) is 79.5 cm³/mol. The average Bonchev–Trinajstić information content (AvgIpc) is 2.37. The highest BCUT2D eigenvalue weighted by atomic mass is 35.5. The Morgan fingerprint density at radius 1 is 1.25 bits per heavy atom. The van der Waals surface area contributed by atoms with Crippen LogP contribution in [0.5, 0.6) is 5.75 Å². The van der Waals surface area contributed by atoms with Crippen molar-refractivity contribution in [3.8, 4) is 5.75 Å². The highest BCUT2D eigenvalue weighted by molar-refractivity contribution is 6.31. The van der Waals surface area contributed by atoms with Crippen molar-refractivity contribution in [3.63, 3.8) is 0 Å². The average molecular weight is 294 g/mol. The first-order valence-corrected chi connectivity index (χ1v) is 6.78. The maximum atomic E-state index is 13.8. The van der Waals surface area contributed by atoms with Crippen LogP contribution in [0.1, 0.15) is 29.7 Å². The molecule has 2 N–H and O–H groups in total. The summed E-state index contributed by atoms with van der Waals surface area (Å²) < 4.78 is 19.3. The minimum atomic E-state index is -0.354. The summed E-state index contributed by atoms with van der Waals surface area (Å²) >= 11 is 6.12. The van der Waals surface area contributed by atoms with Crippen molar-refractivity contribution in [2.75, 3.05) is 0 Å². The Kier molecular flexibility index (Phi) is 4.63.